The Kier molecular flexibility index (Phi) is 7.90. The number of nitrogens with one attached hydrogen (secondary N) is 3. The molecule has 0 unspecified atom stereocenters. The van der Waals surface area contributed by atoms with Crippen molar-refractivity contribution in [3.63, 3.8) is 0 Å². The second-order valence-electron chi connectivity index (χ2n) is 6.15. The monoisotopic (exact) mass is 463 g/mol. The van der Waals surface area contributed by atoms with Crippen molar-refractivity contribution in [3.8, 4) is 0 Å². The number of halogens is 1. The topological polar surface area (TPSA) is 65.1 Å². The van der Waals surface area contributed by atoms with Gasteiger partial charge < -0.3 is 15.6 Å². The number of guanidine groups is 1. The van der Waals surface area contributed by atoms with E-state index in [1.807, 2.05) is 12.3 Å². The molecule has 0 bridgehead atoms. The van der Waals surface area contributed by atoms with E-state index in [9.17, 15) is 0 Å². The van der Waals surface area contributed by atoms with E-state index in [1.165, 1.54) is 27.6 Å². The molecule has 2 heterocycles. The van der Waals surface area contributed by atoms with Gasteiger partial charge in [-0.1, -0.05) is 18.2 Å². The van der Waals surface area contributed by atoms with Crippen molar-refractivity contribution in [1.29, 1.82) is 0 Å². The fourth-order valence-electron chi connectivity index (χ4n) is 2.91. The molecule has 3 rings (SSSR count). The van der Waals surface area contributed by atoms with Gasteiger partial charge >= 0.3 is 0 Å². The highest BCUT2D eigenvalue weighted by atomic mass is 127. The van der Waals surface area contributed by atoms with Gasteiger partial charge in [0.05, 0.1) is 0 Å². The first-order valence-corrected chi connectivity index (χ1v) is 8.66. The zero-order valence-corrected chi connectivity index (χ0v) is 17.6. The van der Waals surface area contributed by atoms with Gasteiger partial charge in [0, 0.05) is 49.6 Å². The molecular formula is C20H26IN5. The van der Waals surface area contributed by atoms with E-state index in [0.29, 0.717) is 0 Å². The van der Waals surface area contributed by atoms with Crippen molar-refractivity contribution < 1.29 is 0 Å². The number of aromatic amines is 1. The van der Waals surface area contributed by atoms with Crippen LogP contribution in [-0.2, 0) is 12.8 Å². The summed E-state index contributed by atoms with van der Waals surface area (Å²) in [6.07, 6.45) is 7.67. The summed E-state index contributed by atoms with van der Waals surface area (Å²) < 4.78 is 0. The van der Waals surface area contributed by atoms with Gasteiger partial charge in [0.25, 0.3) is 0 Å². The van der Waals surface area contributed by atoms with Gasteiger partial charge in [-0.2, -0.15) is 0 Å². The summed E-state index contributed by atoms with van der Waals surface area (Å²) in [7, 11) is 1.80. The molecule has 1 aromatic carbocycles. The number of aliphatic imine (C=N–C) groups is 1. The van der Waals surface area contributed by atoms with Gasteiger partial charge in [-0.05, 0) is 48.6 Å². The van der Waals surface area contributed by atoms with Crippen LogP contribution < -0.4 is 10.6 Å². The Morgan fingerprint density at radius 3 is 2.69 bits per heavy atom. The van der Waals surface area contributed by atoms with Crippen molar-refractivity contribution in [2.24, 2.45) is 4.99 Å². The van der Waals surface area contributed by atoms with Crippen LogP contribution in [0.1, 0.15) is 16.7 Å². The molecule has 0 saturated heterocycles. The molecule has 5 nitrogen and oxygen atoms in total. The molecule has 0 aliphatic rings. The van der Waals surface area contributed by atoms with Crippen LogP contribution in [0.25, 0.3) is 10.9 Å². The Labute approximate surface area is 171 Å². The summed E-state index contributed by atoms with van der Waals surface area (Å²) in [4.78, 5) is 11.8. The Balaban J connectivity index is 0.00000243. The third-order valence-electron chi connectivity index (χ3n) is 4.26. The lowest BCUT2D eigenvalue weighted by Crippen LogP contribution is -2.39. The maximum absolute atomic E-state index is 4.28. The van der Waals surface area contributed by atoms with Crippen LogP contribution in [0.2, 0.25) is 0 Å². The van der Waals surface area contributed by atoms with Gasteiger partial charge in [-0.15, -0.1) is 24.0 Å². The van der Waals surface area contributed by atoms with E-state index >= 15 is 0 Å². The molecule has 0 atom stereocenters. The minimum atomic E-state index is 0. The largest absolute Gasteiger partial charge is 0.361 e. The number of H-pyrrole nitrogens is 1. The van der Waals surface area contributed by atoms with Crippen molar-refractivity contribution in [3.05, 3.63) is 65.6 Å². The van der Waals surface area contributed by atoms with Crippen LogP contribution in [-0.4, -0.2) is 36.1 Å². The lowest BCUT2D eigenvalue weighted by atomic mass is 10.1. The molecule has 6 heteroatoms. The molecule has 0 fully saturated rings. The molecule has 3 aromatic rings. The van der Waals surface area contributed by atoms with Crippen molar-refractivity contribution in [2.75, 3.05) is 20.1 Å². The van der Waals surface area contributed by atoms with Crippen molar-refractivity contribution in [1.82, 2.24) is 20.6 Å². The Morgan fingerprint density at radius 1 is 1.15 bits per heavy atom. The molecule has 3 N–H and O–H groups in total. The molecule has 26 heavy (non-hydrogen) atoms. The Hall–Kier alpha value is -2.09. The van der Waals surface area contributed by atoms with Crippen LogP contribution >= 0.6 is 24.0 Å². The summed E-state index contributed by atoms with van der Waals surface area (Å²) in [5.41, 5.74) is 5.03. The highest BCUT2D eigenvalue weighted by molar-refractivity contribution is 14.0. The Morgan fingerprint density at radius 2 is 1.96 bits per heavy atom. The average Bonchev–Trinajstić information content (AvgIpc) is 3.03. The number of aryl methyl sites for hydroxylation is 1. The smallest absolute Gasteiger partial charge is 0.190 e. The highest BCUT2D eigenvalue weighted by Gasteiger charge is 2.04. The van der Waals surface area contributed by atoms with E-state index in [1.54, 1.807) is 13.2 Å². The highest BCUT2D eigenvalue weighted by Crippen LogP contribution is 2.19. The lowest BCUT2D eigenvalue weighted by Gasteiger charge is -2.11. The molecule has 0 amide bonds. The number of rotatable bonds is 6. The zero-order valence-electron chi connectivity index (χ0n) is 15.2. The molecule has 138 valence electrons. The molecule has 0 aliphatic heterocycles. The van der Waals surface area contributed by atoms with E-state index < -0.39 is 0 Å². The quantitative estimate of drug-likeness (QED) is 0.298. The summed E-state index contributed by atoms with van der Waals surface area (Å²) in [6.45, 7) is 3.79. The number of hydrogen-bond acceptors (Lipinski definition) is 2. The molecule has 2 aromatic heterocycles. The van der Waals surface area contributed by atoms with E-state index in [-0.39, 0.29) is 24.0 Å². The van der Waals surface area contributed by atoms with Crippen molar-refractivity contribution >= 4 is 40.8 Å². The fourth-order valence-corrected chi connectivity index (χ4v) is 2.91. The summed E-state index contributed by atoms with van der Waals surface area (Å²) in [5.74, 6) is 0.833. The van der Waals surface area contributed by atoms with Gasteiger partial charge in [0.2, 0.25) is 0 Å². The number of benzene rings is 1. The number of pyridine rings is 1. The summed E-state index contributed by atoms with van der Waals surface area (Å²) in [5, 5.41) is 8.02. The van der Waals surface area contributed by atoms with Gasteiger partial charge in [0.15, 0.2) is 5.96 Å². The van der Waals surface area contributed by atoms with Crippen LogP contribution in [0.5, 0.6) is 0 Å². The third kappa shape index (κ3) is 5.45. The number of hydrogen-bond donors (Lipinski definition) is 3. The minimum absolute atomic E-state index is 0. The summed E-state index contributed by atoms with van der Waals surface area (Å²) >= 11 is 0. The standard InChI is InChI=1S/C20H25N5.HI/c1-15-5-6-18-17(14-25-19(18)12-15)8-11-24-20(21-2)23-10-7-16-4-3-9-22-13-16;/h3-6,9,12-14,25H,7-8,10-11H2,1-2H3,(H2,21,23,24);1H. The second-order valence-corrected chi connectivity index (χ2v) is 6.15. The maximum Gasteiger partial charge on any atom is 0.190 e. The molecular weight excluding hydrogens is 437 g/mol. The molecule has 0 aliphatic carbocycles. The molecule has 0 radical (unpaired) electrons. The van der Waals surface area contributed by atoms with Crippen LogP contribution in [0.15, 0.2) is 53.9 Å². The third-order valence-corrected chi connectivity index (χ3v) is 4.26. The number of fused-ring (bicyclic) bond motifs is 1. The van der Waals surface area contributed by atoms with E-state index in [0.717, 1.165) is 31.9 Å². The van der Waals surface area contributed by atoms with Crippen LogP contribution in [0.4, 0.5) is 0 Å². The minimum Gasteiger partial charge on any atom is -0.361 e. The summed E-state index contributed by atoms with van der Waals surface area (Å²) in [6, 6.07) is 10.6. The van der Waals surface area contributed by atoms with Gasteiger partial charge in [0.1, 0.15) is 0 Å². The van der Waals surface area contributed by atoms with E-state index in [2.05, 4.69) is 63.0 Å². The first-order chi connectivity index (χ1) is 12.3. The number of aromatic nitrogens is 2. The predicted octanol–water partition coefficient (Wildman–Crippen LogP) is 3.44. The molecule has 0 saturated carbocycles. The Bertz CT molecular complexity index is 842. The maximum atomic E-state index is 4.28. The zero-order chi connectivity index (χ0) is 17.5. The van der Waals surface area contributed by atoms with Gasteiger partial charge in [-0.3, -0.25) is 9.98 Å². The SMILES string of the molecule is CN=C(NCCc1cccnc1)NCCc1c[nH]c2cc(C)ccc12.I. The first kappa shape index (κ1) is 20.2. The van der Waals surface area contributed by atoms with E-state index in [4.69, 9.17) is 0 Å². The number of nitrogens with zero attached hydrogens (tertiary/aromatic N) is 2. The lowest BCUT2D eigenvalue weighted by molar-refractivity contribution is 0.784. The van der Waals surface area contributed by atoms with Crippen molar-refractivity contribution in [2.45, 2.75) is 19.8 Å². The van der Waals surface area contributed by atoms with Crippen LogP contribution in [0, 0.1) is 6.92 Å². The molecule has 0 spiro atoms. The first-order valence-electron chi connectivity index (χ1n) is 8.66. The normalized spacial score (nSPS) is 11.2. The average molecular weight is 463 g/mol. The fraction of sp³-hybridized carbons (Fsp3) is 0.300. The van der Waals surface area contributed by atoms with Crippen LogP contribution in [0.3, 0.4) is 0 Å². The van der Waals surface area contributed by atoms with Gasteiger partial charge in [-0.25, -0.2) is 0 Å². The second kappa shape index (κ2) is 10.2. The predicted molar refractivity (Wildman–Crippen MR) is 119 cm³/mol.